The molecule has 0 spiro atoms. The maximum atomic E-state index is 12.5. The number of nitrogens with one attached hydrogen (secondary N) is 2. The molecule has 0 bridgehead atoms. The Bertz CT molecular complexity index is 846. The van der Waals surface area contributed by atoms with Gasteiger partial charge >= 0.3 is 0 Å². The van der Waals surface area contributed by atoms with Gasteiger partial charge in [-0.1, -0.05) is 12.1 Å². The highest BCUT2D eigenvalue weighted by Crippen LogP contribution is 2.18. The first kappa shape index (κ1) is 22.7. The first-order chi connectivity index (χ1) is 14.2. The van der Waals surface area contributed by atoms with E-state index >= 15 is 0 Å². The number of primary sulfonamides is 1. The van der Waals surface area contributed by atoms with Crippen LogP contribution in [0.5, 0.6) is 0 Å². The summed E-state index contributed by atoms with van der Waals surface area (Å²) in [7, 11) is -3.69. The van der Waals surface area contributed by atoms with Gasteiger partial charge < -0.3 is 10.6 Å². The molecule has 1 unspecified atom stereocenters. The van der Waals surface area contributed by atoms with E-state index in [0.717, 1.165) is 44.6 Å². The van der Waals surface area contributed by atoms with E-state index in [4.69, 9.17) is 5.14 Å². The molecular formula is C20H31N5O4S. The van der Waals surface area contributed by atoms with Crippen LogP contribution in [-0.2, 0) is 26.0 Å². The summed E-state index contributed by atoms with van der Waals surface area (Å²) in [5.74, 6) is 0.0601. The van der Waals surface area contributed by atoms with Crippen LogP contribution in [0.2, 0.25) is 0 Å². The second-order valence-corrected chi connectivity index (χ2v) is 9.62. The van der Waals surface area contributed by atoms with Gasteiger partial charge in [0.25, 0.3) is 0 Å². The molecule has 166 valence electrons. The predicted molar refractivity (Wildman–Crippen MR) is 113 cm³/mol. The van der Waals surface area contributed by atoms with E-state index < -0.39 is 10.0 Å². The number of hydrogen-bond acceptors (Lipinski definition) is 6. The van der Waals surface area contributed by atoms with Crippen LogP contribution < -0.4 is 15.8 Å². The maximum absolute atomic E-state index is 12.5. The molecule has 0 radical (unpaired) electrons. The Morgan fingerprint density at radius 1 is 1.13 bits per heavy atom. The summed E-state index contributed by atoms with van der Waals surface area (Å²) < 4.78 is 22.6. The average molecular weight is 438 g/mol. The fourth-order valence-electron chi connectivity index (χ4n) is 3.50. The summed E-state index contributed by atoms with van der Waals surface area (Å²) in [4.78, 5) is 28.7. The molecule has 2 aliphatic rings. The summed E-state index contributed by atoms with van der Waals surface area (Å²) in [6.07, 6.45) is 2.79. The van der Waals surface area contributed by atoms with Crippen molar-refractivity contribution in [2.24, 2.45) is 5.14 Å². The Morgan fingerprint density at radius 2 is 1.77 bits per heavy atom. The zero-order chi connectivity index (χ0) is 21.7. The van der Waals surface area contributed by atoms with Crippen LogP contribution in [0.25, 0.3) is 0 Å². The van der Waals surface area contributed by atoms with E-state index in [-0.39, 0.29) is 22.8 Å². The quantitative estimate of drug-likeness (QED) is 0.468. The van der Waals surface area contributed by atoms with Gasteiger partial charge in [-0.2, -0.15) is 0 Å². The molecule has 2 amide bonds. The molecule has 3 rings (SSSR count). The Balaban J connectivity index is 1.36. The fraction of sp³-hybridized carbons (Fsp3) is 0.600. The van der Waals surface area contributed by atoms with Gasteiger partial charge in [0.1, 0.15) is 0 Å². The molecule has 1 aliphatic carbocycles. The Kier molecular flexibility index (Phi) is 7.45. The zero-order valence-corrected chi connectivity index (χ0v) is 18.2. The zero-order valence-electron chi connectivity index (χ0n) is 17.3. The minimum atomic E-state index is -3.69. The molecule has 1 atom stereocenters. The lowest BCUT2D eigenvalue weighted by molar-refractivity contribution is -0.127. The first-order valence-electron chi connectivity index (χ1n) is 10.4. The van der Waals surface area contributed by atoms with E-state index in [1.807, 2.05) is 6.92 Å². The number of sulfonamides is 1. The molecule has 0 aromatic heterocycles. The van der Waals surface area contributed by atoms with Crippen molar-refractivity contribution in [1.82, 2.24) is 20.4 Å². The molecule has 30 heavy (non-hydrogen) atoms. The van der Waals surface area contributed by atoms with Crippen molar-refractivity contribution in [3.63, 3.8) is 0 Å². The topological polar surface area (TPSA) is 125 Å². The number of piperazine rings is 1. The van der Waals surface area contributed by atoms with Crippen LogP contribution in [0.4, 0.5) is 0 Å². The van der Waals surface area contributed by atoms with Gasteiger partial charge in [0.05, 0.1) is 17.5 Å². The van der Waals surface area contributed by atoms with Crippen molar-refractivity contribution >= 4 is 21.8 Å². The third kappa shape index (κ3) is 6.76. The highest BCUT2D eigenvalue weighted by Gasteiger charge is 2.28. The molecule has 1 aromatic carbocycles. The van der Waals surface area contributed by atoms with Crippen LogP contribution >= 0.6 is 0 Å². The molecule has 1 heterocycles. The van der Waals surface area contributed by atoms with Gasteiger partial charge in [-0.3, -0.25) is 19.4 Å². The Hall–Kier alpha value is -2.01. The van der Waals surface area contributed by atoms with Crippen molar-refractivity contribution in [3.8, 4) is 0 Å². The highest BCUT2D eigenvalue weighted by molar-refractivity contribution is 7.89. The largest absolute Gasteiger partial charge is 0.354 e. The SMILES string of the molecule is CC(C(=O)NCCc1ccc(S(N)(=O)=O)cc1)N1CCN(CC(=O)NC2CC2)CC1. The molecule has 1 saturated heterocycles. The van der Waals surface area contributed by atoms with E-state index in [1.54, 1.807) is 12.1 Å². The number of benzene rings is 1. The van der Waals surface area contributed by atoms with E-state index in [1.165, 1.54) is 12.1 Å². The van der Waals surface area contributed by atoms with Crippen molar-refractivity contribution in [1.29, 1.82) is 0 Å². The third-order valence-corrected chi connectivity index (χ3v) is 6.54. The molecule has 10 heteroatoms. The van der Waals surface area contributed by atoms with Crippen LogP contribution in [0.15, 0.2) is 29.2 Å². The fourth-order valence-corrected chi connectivity index (χ4v) is 4.02. The van der Waals surface area contributed by atoms with Crippen LogP contribution in [-0.4, -0.2) is 81.4 Å². The lowest BCUT2D eigenvalue weighted by atomic mass is 10.1. The smallest absolute Gasteiger partial charge is 0.238 e. The maximum Gasteiger partial charge on any atom is 0.238 e. The minimum Gasteiger partial charge on any atom is -0.354 e. The summed E-state index contributed by atoms with van der Waals surface area (Å²) in [5.41, 5.74) is 0.924. The third-order valence-electron chi connectivity index (χ3n) is 5.61. The van der Waals surface area contributed by atoms with Crippen molar-refractivity contribution in [2.75, 3.05) is 39.3 Å². The number of carbonyl (C=O) groups is 2. The standard InChI is InChI=1S/C20H31N5O4S/c1-15(25-12-10-24(11-13-25)14-19(26)23-17-4-5-17)20(27)22-9-8-16-2-6-18(7-3-16)30(21,28)29/h2-3,6-7,15,17H,4-5,8-14H2,1H3,(H,22,27)(H,23,26)(H2,21,28,29). The van der Waals surface area contributed by atoms with Gasteiger partial charge in [0, 0.05) is 38.8 Å². The van der Waals surface area contributed by atoms with Crippen molar-refractivity contribution < 1.29 is 18.0 Å². The van der Waals surface area contributed by atoms with E-state index in [0.29, 0.717) is 25.6 Å². The lowest BCUT2D eigenvalue weighted by Gasteiger charge is -2.37. The monoisotopic (exact) mass is 437 g/mol. The summed E-state index contributed by atoms with van der Waals surface area (Å²) in [6.45, 7) is 5.83. The molecule has 1 saturated carbocycles. The number of amides is 2. The summed E-state index contributed by atoms with van der Waals surface area (Å²) in [6, 6.07) is 6.49. The molecule has 1 aromatic rings. The van der Waals surface area contributed by atoms with Crippen molar-refractivity contribution in [2.45, 2.75) is 43.2 Å². The highest BCUT2D eigenvalue weighted by atomic mass is 32.2. The van der Waals surface area contributed by atoms with Gasteiger partial charge in [0.2, 0.25) is 21.8 Å². The summed E-state index contributed by atoms with van der Waals surface area (Å²) >= 11 is 0. The predicted octanol–water partition coefficient (Wildman–Crippen LogP) is -0.723. The van der Waals surface area contributed by atoms with Crippen LogP contribution in [0.1, 0.15) is 25.3 Å². The summed E-state index contributed by atoms with van der Waals surface area (Å²) in [5, 5.41) is 11.0. The Labute approximate surface area is 178 Å². The number of nitrogens with two attached hydrogens (primary N) is 1. The normalized spacial score (nSPS) is 19.3. The second kappa shape index (κ2) is 9.86. The van der Waals surface area contributed by atoms with Gasteiger partial charge in [-0.25, -0.2) is 13.6 Å². The molecule has 2 fully saturated rings. The van der Waals surface area contributed by atoms with Gasteiger partial charge in [0.15, 0.2) is 0 Å². The molecular weight excluding hydrogens is 406 g/mol. The van der Waals surface area contributed by atoms with E-state index in [2.05, 4.69) is 20.4 Å². The van der Waals surface area contributed by atoms with Gasteiger partial charge in [-0.15, -0.1) is 0 Å². The van der Waals surface area contributed by atoms with Crippen molar-refractivity contribution in [3.05, 3.63) is 29.8 Å². The molecule has 9 nitrogen and oxygen atoms in total. The number of carbonyl (C=O) groups excluding carboxylic acids is 2. The lowest BCUT2D eigenvalue weighted by Crippen LogP contribution is -2.55. The number of rotatable bonds is 9. The minimum absolute atomic E-state index is 0.0314. The molecule has 4 N–H and O–H groups in total. The first-order valence-corrected chi connectivity index (χ1v) is 11.9. The van der Waals surface area contributed by atoms with Crippen LogP contribution in [0, 0.1) is 0 Å². The second-order valence-electron chi connectivity index (χ2n) is 8.06. The van der Waals surface area contributed by atoms with E-state index in [9.17, 15) is 18.0 Å². The van der Waals surface area contributed by atoms with Gasteiger partial charge in [-0.05, 0) is 43.9 Å². The van der Waals surface area contributed by atoms with Crippen LogP contribution in [0.3, 0.4) is 0 Å². The average Bonchev–Trinajstić information content (AvgIpc) is 3.51. The molecule has 1 aliphatic heterocycles. The number of nitrogens with zero attached hydrogens (tertiary/aromatic N) is 2. The Morgan fingerprint density at radius 3 is 2.33 bits per heavy atom. The number of hydrogen-bond donors (Lipinski definition) is 3.